The van der Waals surface area contributed by atoms with Crippen molar-refractivity contribution in [3.8, 4) is 5.75 Å². The first kappa shape index (κ1) is 26.7. The number of hydrogen-bond acceptors (Lipinski definition) is 5. The van der Waals surface area contributed by atoms with Crippen molar-refractivity contribution in [2.45, 2.75) is 29.0 Å². The molecule has 1 aliphatic heterocycles. The van der Waals surface area contributed by atoms with Gasteiger partial charge >= 0.3 is 0 Å². The number of alkyl halides is 2. The molecule has 0 unspecified atom stereocenters. The number of Topliss-reactive ketones (excluding diaryl/α,β-unsaturated/α-hetero) is 1. The third-order valence-electron chi connectivity index (χ3n) is 7.67. The normalized spacial score (nSPS) is 28.9. The first-order valence-corrected chi connectivity index (χ1v) is 14.3. The van der Waals surface area contributed by atoms with Gasteiger partial charge in [-0.3, -0.25) is 19.2 Å². The Morgan fingerprint density at radius 1 is 1.00 bits per heavy atom. The molecule has 194 valence electrons. The number of halogens is 4. The van der Waals surface area contributed by atoms with Crippen LogP contribution in [0.3, 0.4) is 0 Å². The number of ether oxygens (including phenoxy) is 1. The van der Waals surface area contributed by atoms with Crippen molar-refractivity contribution in [2.24, 2.45) is 23.7 Å². The highest BCUT2D eigenvalue weighted by Crippen LogP contribution is 2.60. The Kier molecular flexibility index (Phi) is 7.19. The number of rotatable bonds is 6. The Morgan fingerprint density at radius 2 is 1.57 bits per heavy atom. The van der Waals surface area contributed by atoms with Crippen LogP contribution in [0.5, 0.6) is 5.75 Å². The second kappa shape index (κ2) is 9.98. The standard InChI is InChI=1S/C26H22Br2Cl2N2O5/c1-11(23(33)12-3-6-14(37-2)7-4-12)31(24(34)15-8-5-13(29)9-18(15)30)32-25(35)19-16-10-17(20(19)26(32)36)22(28)21(16)27/h3-9,11,16-17,19-22H,10H2,1-2H3/t11-,16+,17+,19+,20+,21-,22+/m0/s1. The maximum atomic E-state index is 13.9. The molecule has 0 spiro atoms. The van der Waals surface area contributed by atoms with Crippen molar-refractivity contribution < 1.29 is 23.9 Å². The van der Waals surface area contributed by atoms with Crippen LogP contribution in [-0.2, 0) is 9.59 Å². The summed E-state index contributed by atoms with van der Waals surface area (Å²) in [5.41, 5.74) is 0.325. The molecule has 2 aromatic carbocycles. The van der Waals surface area contributed by atoms with Gasteiger partial charge in [0.25, 0.3) is 17.7 Å². The predicted molar refractivity (Wildman–Crippen MR) is 145 cm³/mol. The smallest absolute Gasteiger partial charge is 0.275 e. The number of fused-ring (bicyclic) bond motifs is 5. The summed E-state index contributed by atoms with van der Waals surface area (Å²) in [6.45, 7) is 1.50. The van der Waals surface area contributed by atoms with Gasteiger partial charge in [-0.2, -0.15) is 5.01 Å². The van der Waals surface area contributed by atoms with Crippen LogP contribution in [0.4, 0.5) is 0 Å². The molecular formula is C26H22Br2Cl2N2O5. The zero-order valence-corrected chi connectivity index (χ0v) is 24.4. The number of ketones is 1. The van der Waals surface area contributed by atoms with E-state index in [-0.39, 0.29) is 32.1 Å². The van der Waals surface area contributed by atoms with E-state index in [2.05, 4.69) is 31.9 Å². The summed E-state index contributed by atoms with van der Waals surface area (Å²) in [5.74, 6) is -2.79. The number of imide groups is 1. The Labute approximate surface area is 240 Å². The molecule has 37 heavy (non-hydrogen) atoms. The van der Waals surface area contributed by atoms with Crippen molar-refractivity contribution in [3.63, 3.8) is 0 Å². The molecule has 7 nitrogen and oxygen atoms in total. The van der Waals surface area contributed by atoms with Gasteiger partial charge in [0.15, 0.2) is 5.78 Å². The number of nitrogens with zero attached hydrogens (tertiary/aromatic N) is 2. The van der Waals surface area contributed by atoms with Crippen molar-refractivity contribution >= 4 is 78.6 Å². The molecule has 11 heteroatoms. The molecule has 3 amide bonds. The van der Waals surface area contributed by atoms with Gasteiger partial charge in [-0.25, -0.2) is 5.01 Å². The highest BCUT2D eigenvalue weighted by molar-refractivity contribution is 9.12. The van der Waals surface area contributed by atoms with Gasteiger partial charge in [0.05, 0.1) is 29.5 Å². The van der Waals surface area contributed by atoms with E-state index >= 15 is 0 Å². The Balaban J connectivity index is 1.56. The third-order valence-corrected chi connectivity index (χ3v) is 11.4. The molecule has 0 aromatic heterocycles. The average Bonchev–Trinajstić information content (AvgIpc) is 3.49. The number of carbonyl (C=O) groups excluding carboxylic acids is 4. The fourth-order valence-corrected chi connectivity index (χ4v) is 8.24. The molecule has 3 fully saturated rings. The SMILES string of the molecule is COc1ccc(C(=O)[C@H](C)N(C(=O)c2ccc(Cl)cc2Cl)N2C(=O)[C@@H]3[C@H]4C[C@@H]([C@@H](Br)[C@H]4Br)[C@H]3C2=O)cc1. The fraction of sp³-hybridized carbons (Fsp3) is 0.385. The van der Waals surface area contributed by atoms with Gasteiger partial charge in [-0.05, 0) is 67.6 Å². The van der Waals surface area contributed by atoms with Crippen LogP contribution in [0.2, 0.25) is 10.0 Å². The fourth-order valence-electron chi connectivity index (χ4n) is 5.88. The lowest BCUT2D eigenvalue weighted by atomic mass is 9.81. The maximum absolute atomic E-state index is 13.9. The van der Waals surface area contributed by atoms with E-state index < -0.39 is 41.4 Å². The van der Waals surface area contributed by atoms with Crippen LogP contribution in [0.15, 0.2) is 42.5 Å². The van der Waals surface area contributed by atoms with Crippen LogP contribution in [0, 0.1) is 23.7 Å². The monoisotopic (exact) mass is 670 g/mol. The van der Waals surface area contributed by atoms with Gasteiger partial charge in [0.2, 0.25) is 0 Å². The van der Waals surface area contributed by atoms with E-state index in [1.54, 1.807) is 24.3 Å². The summed E-state index contributed by atoms with van der Waals surface area (Å²) >= 11 is 19.7. The molecule has 1 heterocycles. The van der Waals surface area contributed by atoms with E-state index in [0.29, 0.717) is 16.3 Å². The lowest BCUT2D eigenvalue weighted by Crippen LogP contribution is -2.57. The quantitative estimate of drug-likeness (QED) is 0.233. The largest absolute Gasteiger partial charge is 0.497 e. The van der Waals surface area contributed by atoms with Gasteiger partial charge in [0.1, 0.15) is 11.8 Å². The topological polar surface area (TPSA) is 84.0 Å². The number of benzene rings is 2. The molecule has 2 aromatic rings. The molecule has 0 N–H and O–H groups in total. The second-order valence-electron chi connectivity index (χ2n) is 9.53. The van der Waals surface area contributed by atoms with Crippen LogP contribution >= 0.6 is 55.1 Å². The van der Waals surface area contributed by atoms with E-state index in [1.807, 2.05) is 0 Å². The van der Waals surface area contributed by atoms with Crippen LogP contribution in [-0.4, -0.2) is 56.3 Å². The summed E-state index contributed by atoms with van der Waals surface area (Å²) < 4.78 is 5.16. The third kappa shape index (κ3) is 4.22. The minimum absolute atomic E-state index is 0.0258. The number of carbonyl (C=O) groups is 4. The first-order valence-electron chi connectivity index (χ1n) is 11.7. The lowest BCUT2D eigenvalue weighted by molar-refractivity contribution is -0.157. The van der Waals surface area contributed by atoms with E-state index in [1.165, 1.54) is 32.2 Å². The summed E-state index contributed by atoms with van der Waals surface area (Å²) in [6, 6.07) is 9.53. The minimum atomic E-state index is -1.18. The number of hydrazine groups is 1. The predicted octanol–water partition coefficient (Wildman–Crippen LogP) is 5.41. The molecule has 7 atom stereocenters. The highest BCUT2D eigenvalue weighted by Gasteiger charge is 2.68. The van der Waals surface area contributed by atoms with Crippen LogP contribution < -0.4 is 4.74 Å². The molecule has 1 saturated heterocycles. The lowest BCUT2D eigenvalue weighted by Gasteiger charge is -2.35. The molecule has 5 rings (SSSR count). The van der Waals surface area contributed by atoms with Crippen molar-refractivity contribution in [2.75, 3.05) is 7.11 Å². The first-order chi connectivity index (χ1) is 17.6. The van der Waals surface area contributed by atoms with Crippen molar-refractivity contribution in [1.82, 2.24) is 10.0 Å². The zero-order valence-electron chi connectivity index (χ0n) is 19.7. The summed E-state index contributed by atoms with van der Waals surface area (Å²) in [4.78, 5) is 55.1. The molecular weight excluding hydrogens is 651 g/mol. The summed E-state index contributed by atoms with van der Waals surface area (Å²) in [7, 11) is 1.51. The number of methoxy groups -OCH3 is 1. The zero-order chi connectivity index (χ0) is 26.8. The van der Waals surface area contributed by atoms with Gasteiger partial charge in [0, 0.05) is 20.2 Å². The molecule has 3 aliphatic rings. The van der Waals surface area contributed by atoms with Gasteiger partial charge in [-0.1, -0.05) is 55.1 Å². The van der Waals surface area contributed by atoms with E-state index in [4.69, 9.17) is 27.9 Å². The van der Waals surface area contributed by atoms with Gasteiger partial charge < -0.3 is 4.74 Å². The molecule has 2 aliphatic carbocycles. The second-order valence-corrected chi connectivity index (χ2v) is 12.5. The average molecular weight is 673 g/mol. The Morgan fingerprint density at radius 3 is 2.08 bits per heavy atom. The summed E-state index contributed by atoms with van der Waals surface area (Å²) in [5, 5.41) is 2.23. The molecule has 2 bridgehead atoms. The summed E-state index contributed by atoms with van der Waals surface area (Å²) in [6.07, 6.45) is 0.740. The van der Waals surface area contributed by atoms with Crippen molar-refractivity contribution in [3.05, 3.63) is 63.6 Å². The van der Waals surface area contributed by atoms with Crippen molar-refractivity contribution in [1.29, 1.82) is 0 Å². The van der Waals surface area contributed by atoms with E-state index in [0.717, 1.165) is 16.4 Å². The highest BCUT2D eigenvalue weighted by atomic mass is 79.9. The Hall–Kier alpha value is -1.94. The maximum Gasteiger partial charge on any atom is 0.275 e. The minimum Gasteiger partial charge on any atom is -0.497 e. The van der Waals surface area contributed by atoms with Crippen LogP contribution in [0.1, 0.15) is 34.1 Å². The molecule has 2 saturated carbocycles. The van der Waals surface area contributed by atoms with E-state index in [9.17, 15) is 19.2 Å². The number of amides is 3. The van der Waals surface area contributed by atoms with Crippen LogP contribution in [0.25, 0.3) is 0 Å². The Bertz CT molecular complexity index is 1270. The van der Waals surface area contributed by atoms with Gasteiger partial charge in [-0.15, -0.1) is 0 Å². The molecule has 0 radical (unpaired) electrons. The number of hydrogen-bond donors (Lipinski definition) is 0.